The van der Waals surface area contributed by atoms with Gasteiger partial charge in [0.15, 0.2) is 0 Å². The molecule has 2 saturated heterocycles. The Hall–Kier alpha value is -0.330. The van der Waals surface area contributed by atoms with Crippen molar-refractivity contribution in [2.24, 2.45) is 0 Å². The summed E-state index contributed by atoms with van der Waals surface area (Å²) in [5.41, 5.74) is -0.339. The Morgan fingerprint density at radius 3 is 2.56 bits per heavy atom. The van der Waals surface area contributed by atoms with Gasteiger partial charge in [0.05, 0.1) is 18.8 Å². The van der Waals surface area contributed by atoms with Crippen molar-refractivity contribution in [2.75, 3.05) is 39.3 Å². The molecule has 0 atom stereocenters. The highest BCUT2D eigenvalue weighted by Gasteiger charge is 2.41. The molecule has 16 heavy (non-hydrogen) atoms. The molecular formula is C10H17F3N2O. The average molecular weight is 238 g/mol. The third-order valence-electron chi connectivity index (χ3n) is 3.25. The zero-order valence-electron chi connectivity index (χ0n) is 9.15. The topological polar surface area (TPSA) is 24.5 Å². The molecule has 0 aromatic heterocycles. The molecular weight excluding hydrogens is 221 g/mol. The van der Waals surface area contributed by atoms with Crippen LogP contribution < -0.4 is 5.32 Å². The van der Waals surface area contributed by atoms with Gasteiger partial charge in [-0.25, -0.2) is 0 Å². The highest BCUT2D eigenvalue weighted by molar-refractivity contribution is 4.92. The smallest absolute Gasteiger partial charge is 0.372 e. The van der Waals surface area contributed by atoms with Crippen molar-refractivity contribution in [3.05, 3.63) is 0 Å². The Morgan fingerprint density at radius 2 is 1.94 bits per heavy atom. The van der Waals surface area contributed by atoms with E-state index in [0.29, 0.717) is 19.7 Å². The molecule has 2 aliphatic heterocycles. The first-order chi connectivity index (χ1) is 7.49. The zero-order chi connectivity index (χ0) is 11.6. The largest absolute Gasteiger partial charge is 0.401 e. The first-order valence-corrected chi connectivity index (χ1v) is 5.63. The van der Waals surface area contributed by atoms with E-state index in [0.717, 1.165) is 25.9 Å². The van der Waals surface area contributed by atoms with E-state index in [2.05, 4.69) is 5.32 Å². The Kier molecular flexibility index (Phi) is 3.42. The van der Waals surface area contributed by atoms with Crippen LogP contribution >= 0.6 is 0 Å². The van der Waals surface area contributed by atoms with E-state index < -0.39 is 12.7 Å². The van der Waals surface area contributed by atoms with Crippen molar-refractivity contribution in [1.29, 1.82) is 0 Å². The van der Waals surface area contributed by atoms with Crippen molar-refractivity contribution in [2.45, 2.75) is 24.6 Å². The lowest BCUT2D eigenvalue weighted by Gasteiger charge is -2.45. The van der Waals surface area contributed by atoms with Gasteiger partial charge in [-0.05, 0) is 25.9 Å². The minimum atomic E-state index is -4.11. The molecule has 0 saturated carbocycles. The number of hydrogen-bond acceptors (Lipinski definition) is 3. The standard InChI is InChI=1S/C10H17F3N2O/c11-10(12,13)8-15-5-6-16-9(7-15)1-3-14-4-2-9/h14H,1-8H2. The van der Waals surface area contributed by atoms with Crippen LogP contribution in [-0.2, 0) is 4.74 Å². The number of nitrogens with one attached hydrogen (secondary N) is 1. The van der Waals surface area contributed by atoms with Crippen LogP contribution in [0, 0.1) is 0 Å². The SMILES string of the molecule is FC(F)(F)CN1CCOC2(CCNCC2)C1. The number of ether oxygens (including phenoxy) is 1. The predicted molar refractivity (Wildman–Crippen MR) is 53.3 cm³/mol. The van der Waals surface area contributed by atoms with Crippen LogP contribution in [0.25, 0.3) is 0 Å². The van der Waals surface area contributed by atoms with Crippen LogP contribution in [0.15, 0.2) is 0 Å². The lowest BCUT2D eigenvalue weighted by Crippen LogP contribution is -2.57. The molecule has 6 heteroatoms. The van der Waals surface area contributed by atoms with Gasteiger partial charge < -0.3 is 10.1 Å². The molecule has 0 unspecified atom stereocenters. The fraction of sp³-hybridized carbons (Fsp3) is 1.00. The van der Waals surface area contributed by atoms with Crippen LogP contribution in [0.3, 0.4) is 0 Å². The number of morpholine rings is 1. The molecule has 0 aliphatic carbocycles. The molecule has 2 fully saturated rings. The zero-order valence-corrected chi connectivity index (χ0v) is 9.15. The summed E-state index contributed by atoms with van der Waals surface area (Å²) in [6.45, 7) is 2.06. The predicted octanol–water partition coefficient (Wildman–Crippen LogP) is 1.00. The van der Waals surface area contributed by atoms with Gasteiger partial charge >= 0.3 is 6.18 Å². The molecule has 94 valence electrons. The first-order valence-electron chi connectivity index (χ1n) is 5.63. The van der Waals surface area contributed by atoms with Gasteiger partial charge in [0.2, 0.25) is 0 Å². The molecule has 0 aromatic carbocycles. The van der Waals surface area contributed by atoms with Crippen LogP contribution in [0.5, 0.6) is 0 Å². The molecule has 2 rings (SSSR count). The fourth-order valence-electron chi connectivity index (χ4n) is 2.50. The lowest BCUT2D eigenvalue weighted by atomic mass is 9.90. The summed E-state index contributed by atoms with van der Waals surface area (Å²) in [4.78, 5) is 1.47. The number of halogens is 3. The molecule has 2 aliphatic rings. The summed E-state index contributed by atoms with van der Waals surface area (Å²) in [5.74, 6) is 0. The van der Waals surface area contributed by atoms with Crippen LogP contribution in [-0.4, -0.2) is 56.0 Å². The second-order valence-corrected chi connectivity index (χ2v) is 4.61. The second kappa shape index (κ2) is 4.50. The van der Waals surface area contributed by atoms with Gasteiger partial charge in [-0.3, -0.25) is 4.90 Å². The number of alkyl halides is 3. The van der Waals surface area contributed by atoms with Crippen molar-refractivity contribution in [3.8, 4) is 0 Å². The van der Waals surface area contributed by atoms with E-state index in [1.54, 1.807) is 0 Å². The average Bonchev–Trinajstić information content (AvgIpc) is 2.16. The minimum absolute atomic E-state index is 0.339. The Morgan fingerprint density at radius 1 is 1.25 bits per heavy atom. The summed E-state index contributed by atoms with van der Waals surface area (Å²) in [5, 5.41) is 3.20. The van der Waals surface area contributed by atoms with E-state index in [9.17, 15) is 13.2 Å². The van der Waals surface area contributed by atoms with Crippen molar-refractivity contribution >= 4 is 0 Å². The number of rotatable bonds is 1. The van der Waals surface area contributed by atoms with Gasteiger partial charge in [-0.1, -0.05) is 0 Å². The van der Waals surface area contributed by atoms with E-state index >= 15 is 0 Å². The Bertz CT molecular complexity index is 233. The molecule has 3 nitrogen and oxygen atoms in total. The maximum atomic E-state index is 12.3. The van der Waals surface area contributed by atoms with Gasteiger partial charge in [0.25, 0.3) is 0 Å². The van der Waals surface area contributed by atoms with E-state index in [4.69, 9.17) is 4.74 Å². The van der Waals surface area contributed by atoms with E-state index in [1.165, 1.54) is 4.90 Å². The second-order valence-electron chi connectivity index (χ2n) is 4.61. The summed E-state index contributed by atoms with van der Waals surface area (Å²) < 4.78 is 42.6. The highest BCUT2D eigenvalue weighted by atomic mass is 19.4. The third kappa shape index (κ3) is 3.09. The van der Waals surface area contributed by atoms with Gasteiger partial charge in [0, 0.05) is 13.1 Å². The summed E-state index contributed by atoms with van der Waals surface area (Å²) in [6.07, 6.45) is -2.49. The van der Waals surface area contributed by atoms with Crippen LogP contribution in [0.1, 0.15) is 12.8 Å². The third-order valence-corrected chi connectivity index (χ3v) is 3.25. The first kappa shape index (κ1) is 12.1. The maximum absolute atomic E-state index is 12.3. The monoisotopic (exact) mass is 238 g/mol. The van der Waals surface area contributed by atoms with Gasteiger partial charge in [0.1, 0.15) is 0 Å². The van der Waals surface area contributed by atoms with Crippen molar-refractivity contribution in [3.63, 3.8) is 0 Å². The molecule has 0 bridgehead atoms. The maximum Gasteiger partial charge on any atom is 0.401 e. The summed E-state index contributed by atoms with van der Waals surface area (Å²) in [7, 11) is 0. The van der Waals surface area contributed by atoms with E-state index in [1.807, 2.05) is 0 Å². The number of nitrogens with zero attached hydrogens (tertiary/aromatic N) is 1. The molecule has 0 radical (unpaired) electrons. The quantitative estimate of drug-likeness (QED) is 0.737. The Labute approximate surface area is 92.9 Å². The highest BCUT2D eigenvalue weighted by Crippen LogP contribution is 2.29. The molecule has 1 spiro atoms. The molecule has 0 amide bonds. The lowest BCUT2D eigenvalue weighted by molar-refractivity contribution is -0.179. The minimum Gasteiger partial charge on any atom is -0.372 e. The molecule has 1 N–H and O–H groups in total. The summed E-state index contributed by atoms with van der Waals surface area (Å²) in [6, 6.07) is 0. The van der Waals surface area contributed by atoms with Crippen molar-refractivity contribution in [1.82, 2.24) is 10.2 Å². The van der Waals surface area contributed by atoms with Crippen LogP contribution in [0.2, 0.25) is 0 Å². The normalized spacial score (nSPS) is 27.2. The van der Waals surface area contributed by atoms with Crippen LogP contribution in [0.4, 0.5) is 13.2 Å². The van der Waals surface area contributed by atoms with Crippen molar-refractivity contribution < 1.29 is 17.9 Å². The fourth-order valence-corrected chi connectivity index (χ4v) is 2.50. The molecule has 2 heterocycles. The molecule has 0 aromatic rings. The number of hydrogen-bond donors (Lipinski definition) is 1. The Balaban J connectivity index is 1.92. The number of piperidine rings is 1. The van der Waals surface area contributed by atoms with Gasteiger partial charge in [-0.15, -0.1) is 0 Å². The van der Waals surface area contributed by atoms with E-state index in [-0.39, 0.29) is 5.60 Å². The summed E-state index contributed by atoms with van der Waals surface area (Å²) >= 11 is 0. The van der Waals surface area contributed by atoms with Gasteiger partial charge in [-0.2, -0.15) is 13.2 Å².